The van der Waals surface area contributed by atoms with Crippen LogP contribution in [0.1, 0.15) is 31.4 Å². The van der Waals surface area contributed by atoms with Crippen LogP contribution in [0.25, 0.3) is 0 Å². The second-order valence-corrected chi connectivity index (χ2v) is 6.69. The van der Waals surface area contributed by atoms with Crippen LogP contribution in [-0.2, 0) is 9.53 Å². The molecule has 7 nitrogen and oxygen atoms in total. The van der Waals surface area contributed by atoms with Gasteiger partial charge in [0, 0.05) is 5.70 Å². The quantitative estimate of drug-likeness (QED) is 0.515. The Morgan fingerprint density at radius 2 is 2.08 bits per heavy atom. The smallest absolute Gasteiger partial charge is 0.319 e. The number of amides is 2. The highest BCUT2D eigenvalue weighted by atomic mass is 79.9. The molecule has 0 bridgehead atoms. The van der Waals surface area contributed by atoms with Crippen LogP contribution in [0.15, 0.2) is 28.9 Å². The van der Waals surface area contributed by atoms with Crippen molar-refractivity contribution in [1.29, 1.82) is 0 Å². The summed E-state index contributed by atoms with van der Waals surface area (Å²) in [6, 6.07) is 2.46. The zero-order valence-corrected chi connectivity index (χ0v) is 16.6. The molecule has 2 atom stereocenters. The van der Waals surface area contributed by atoms with Gasteiger partial charge in [-0.15, -0.1) is 0 Å². The zero-order valence-electron chi connectivity index (χ0n) is 15.1. The first-order chi connectivity index (χ1) is 12.4. The average molecular weight is 427 g/mol. The van der Waals surface area contributed by atoms with Crippen molar-refractivity contribution in [2.45, 2.75) is 25.8 Å². The number of unbranched alkanes of at least 4 members (excludes halogenated alkanes) is 1. The molecule has 1 saturated heterocycles. The van der Waals surface area contributed by atoms with Crippen LogP contribution in [0.5, 0.6) is 11.5 Å². The minimum absolute atomic E-state index is 0.281. The molecule has 2 N–H and O–H groups in total. The second kappa shape index (κ2) is 8.93. The van der Waals surface area contributed by atoms with Crippen LogP contribution >= 0.6 is 15.9 Å². The Balaban J connectivity index is 2.41. The molecular formula is C18H23BrN2O5. The monoisotopic (exact) mass is 426 g/mol. The van der Waals surface area contributed by atoms with Gasteiger partial charge in [0.2, 0.25) is 0 Å². The molecule has 1 aromatic carbocycles. The molecule has 2 amide bonds. The summed E-state index contributed by atoms with van der Waals surface area (Å²) in [5, 5.41) is 5.27. The highest BCUT2D eigenvalue weighted by Crippen LogP contribution is 2.41. The van der Waals surface area contributed by atoms with E-state index in [-0.39, 0.29) is 5.70 Å². The maximum Gasteiger partial charge on any atom is 0.319 e. The fraction of sp³-hybridized carbons (Fsp3) is 0.444. The number of ether oxygens (including phenoxy) is 3. The molecule has 0 aliphatic carbocycles. The van der Waals surface area contributed by atoms with Gasteiger partial charge in [0.1, 0.15) is 5.92 Å². The van der Waals surface area contributed by atoms with Gasteiger partial charge in [0.05, 0.1) is 31.3 Å². The summed E-state index contributed by atoms with van der Waals surface area (Å²) in [6.45, 7) is 6.43. The first-order valence-electron chi connectivity index (χ1n) is 8.27. The van der Waals surface area contributed by atoms with Gasteiger partial charge < -0.3 is 24.8 Å². The van der Waals surface area contributed by atoms with E-state index in [1.54, 1.807) is 12.1 Å². The van der Waals surface area contributed by atoms with E-state index in [9.17, 15) is 9.59 Å². The van der Waals surface area contributed by atoms with E-state index in [1.165, 1.54) is 14.2 Å². The van der Waals surface area contributed by atoms with Gasteiger partial charge in [-0.05, 0) is 40.0 Å². The van der Waals surface area contributed by atoms with Crippen molar-refractivity contribution in [3.63, 3.8) is 0 Å². The first kappa shape index (κ1) is 20.1. The molecule has 1 aliphatic heterocycles. The highest BCUT2D eigenvalue weighted by Gasteiger charge is 2.39. The lowest BCUT2D eigenvalue weighted by Crippen LogP contribution is -2.51. The molecule has 1 aliphatic rings. The molecule has 0 aromatic heterocycles. The summed E-state index contributed by atoms with van der Waals surface area (Å²) in [4.78, 5) is 24.1. The number of methoxy groups -OCH3 is 2. The number of hydrogen-bond donors (Lipinski definition) is 2. The van der Waals surface area contributed by atoms with Gasteiger partial charge in [-0.1, -0.05) is 19.9 Å². The molecule has 8 heteroatoms. The maximum atomic E-state index is 12.2. The lowest BCUT2D eigenvalue weighted by atomic mass is 9.89. The minimum atomic E-state index is -0.763. The van der Waals surface area contributed by atoms with Crippen LogP contribution in [0.3, 0.4) is 0 Å². The topological polar surface area (TPSA) is 85.9 Å². The molecule has 0 saturated carbocycles. The molecule has 0 spiro atoms. The van der Waals surface area contributed by atoms with Gasteiger partial charge in [-0.2, -0.15) is 0 Å². The summed E-state index contributed by atoms with van der Waals surface area (Å²) in [5.41, 5.74) is 0.951. The van der Waals surface area contributed by atoms with E-state index in [1.807, 2.05) is 0 Å². The van der Waals surface area contributed by atoms with Crippen LogP contribution < -0.4 is 20.1 Å². The van der Waals surface area contributed by atoms with Gasteiger partial charge in [0.25, 0.3) is 0 Å². The van der Waals surface area contributed by atoms with Gasteiger partial charge in [-0.25, -0.2) is 4.79 Å². The highest BCUT2D eigenvalue weighted by molar-refractivity contribution is 9.10. The summed E-state index contributed by atoms with van der Waals surface area (Å²) >= 11 is 3.49. The lowest BCUT2D eigenvalue weighted by molar-refractivity contribution is -0.145. The Morgan fingerprint density at radius 3 is 2.69 bits per heavy atom. The van der Waals surface area contributed by atoms with Crippen LogP contribution in [0.4, 0.5) is 4.79 Å². The SMILES string of the molecule is C=C1NC(=O)N[C@@H](c2cc(Br)c(OCCCC)c(OC)c2)[C@@H]1C(=O)OC. The minimum Gasteiger partial charge on any atom is -0.493 e. The van der Waals surface area contributed by atoms with Crippen molar-refractivity contribution in [3.05, 3.63) is 34.4 Å². The number of carbonyl (C=O) groups excluding carboxylic acids is 2. The van der Waals surface area contributed by atoms with Gasteiger partial charge in [0.15, 0.2) is 11.5 Å². The Hall–Kier alpha value is -2.22. The predicted molar refractivity (Wildman–Crippen MR) is 100 cm³/mol. The molecule has 26 heavy (non-hydrogen) atoms. The standard InChI is InChI=1S/C18H23BrN2O5/c1-5-6-7-26-16-12(19)8-11(9-13(16)24-3)15-14(17(22)25-4)10(2)20-18(23)21-15/h8-9,14-15H,2,5-7H2,1,3-4H3,(H2,20,21,23)/t14-,15+/m1/s1. The van der Waals surface area contributed by atoms with E-state index in [2.05, 4.69) is 40.1 Å². The lowest BCUT2D eigenvalue weighted by Gasteiger charge is -2.33. The number of urea groups is 1. The largest absolute Gasteiger partial charge is 0.493 e. The summed E-state index contributed by atoms with van der Waals surface area (Å²) in [6.07, 6.45) is 1.94. The molecule has 1 fully saturated rings. The number of carbonyl (C=O) groups is 2. The van der Waals surface area contributed by atoms with Crippen molar-refractivity contribution < 1.29 is 23.8 Å². The predicted octanol–water partition coefficient (Wildman–Crippen LogP) is 3.29. The van der Waals surface area contributed by atoms with Crippen LogP contribution in [0, 0.1) is 5.92 Å². The molecule has 1 heterocycles. The van der Waals surface area contributed by atoms with Gasteiger partial charge >= 0.3 is 12.0 Å². The third kappa shape index (κ3) is 4.30. The van der Waals surface area contributed by atoms with Crippen LogP contribution in [0.2, 0.25) is 0 Å². The number of nitrogens with one attached hydrogen (secondary N) is 2. The number of halogens is 1. The Bertz CT molecular complexity index is 707. The van der Waals surface area contributed by atoms with E-state index in [0.717, 1.165) is 12.8 Å². The Labute approximate surface area is 161 Å². The van der Waals surface area contributed by atoms with Crippen LogP contribution in [-0.4, -0.2) is 32.8 Å². The number of rotatable bonds is 7. The Kier molecular flexibility index (Phi) is 6.90. The molecule has 2 rings (SSSR count). The van der Waals surface area contributed by atoms with Crippen molar-refractivity contribution >= 4 is 27.9 Å². The third-order valence-corrected chi connectivity index (χ3v) is 4.67. The molecule has 142 valence electrons. The molecule has 0 radical (unpaired) electrons. The number of esters is 1. The summed E-state index contributed by atoms with van der Waals surface area (Å²) in [5.74, 6) is -0.169. The van der Waals surface area contributed by atoms with E-state index >= 15 is 0 Å². The van der Waals surface area contributed by atoms with Crippen molar-refractivity contribution in [2.75, 3.05) is 20.8 Å². The maximum absolute atomic E-state index is 12.2. The van der Waals surface area contributed by atoms with Crippen molar-refractivity contribution in [3.8, 4) is 11.5 Å². The van der Waals surface area contributed by atoms with Crippen molar-refractivity contribution in [1.82, 2.24) is 10.6 Å². The van der Waals surface area contributed by atoms with E-state index < -0.39 is 24.0 Å². The fourth-order valence-electron chi connectivity index (χ4n) is 2.74. The second-order valence-electron chi connectivity index (χ2n) is 5.84. The fourth-order valence-corrected chi connectivity index (χ4v) is 3.32. The zero-order chi connectivity index (χ0) is 19.3. The summed E-state index contributed by atoms with van der Waals surface area (Å²) < 4.78 is 16.8. The van der Waals surface area contributed by atoms with Gasteiger partial charge in [-0.3, -0.25) is 4.79 Å². The number of benzene rings is 1. The van der Waals surface area contributed by atoms with Crippen molar-refractivity contribution in [2.24, 2.45) is 5.92 Å². The van der Waals surface area contributed by atoms with E-state index in [4.69, 9.17) is 14.2 Å². The first-order valence-corrected chi connectivity index (χ1v) is 9.06. The van der Waals surface area contributed by atoms with E-state index in [0.29, 0.717) is 28.1 Å². The normalized spacial score (nSPS) is 19.4. The molecule has 0 unspecified atom stereocenters. The average Bonchev–Trinajstić information content (AvgIpc) is 2.61. The summed E-state index contributed by atoms with van der Waals surface area (Å²) in [7, 11) is 2.83. The number of hydrogen-bond acceptors (Lipinski definition) is 5. The molecule has 1 aromatic rings. The molecular weight excluding hydrogens is 404 g/mol. The Morgan fingerprint density at radius 1 is 1.35 bits per heavy atom. The third-order valence-electron chi connectivity index (χ3n) is 4.08.